The predicted octanol–water partition coefficient (Wildman–Crippen LogP) is 3.94. The summed E-state index contributed by atoms with van der Waals surface area (Å²) in [5.41, 5.74) is -0.873. The molecule has 1 unspecified atom stereocenters. The van der Waals surface area contributed by atoms with Gasteiger partial charge >= 0.3 is 6.18 Å². The Morgan fingerprint density at radius 1 is 1.33 bits per heavy atom. The number of halogens is 4. The van der Waals surface area contributed by atoms with E-state index in [1.54, 1.807) is 0 Å². The minimum absolute atomic E-state index is 0.0430. The summed E-state index contributed by atoms with van der Waals surface area (Å²) in [6.07, 6.45) is -2.66. The van der Waals surface area contributed by atoms with Crippen molar-refractivity contribution in [3.63, 3.8) is 0 Å². The molecule has 112 valence electrons. The van der Waals surface area contributed by atoms with Crippen LogP contribution >= 0.6 is 15.9 Å². The molecule has 0 radical (unpaired) electrons. The first-order chi connectivity index (χ1) is 9.95. The van der Waals surface area contributed by atoms with Crippen LogP contribution in [0.2, 0.25) is 0 Å². The summed E-state index contributed by atoms with van der Waals surface area (Å²) in [5.74, 6) is 0.289. The third kappa shape index (κ3) is 2.96. The number of rotatable bonds is 2. The standard InChI is InChI=1S/C13H11BrF3N3O/c14-7-3-4-8(9(6-7)13(15,16)17)11-19-12(21-20-11)10-2-1-5-18-10/h3-4,6,10,18H,1-2,5H2. The monoisotopic (exact) mass is 361 g/mol. The topological polar surface area (TPSA) is 51.0 Å². The summed E-state index contributed by atoms with van der Waals surface area (Å²) in [6, 6.07) is 3.80. The van der Waals surface area contributed by atoms with E-state index < -0.39 is 11.7 Å². The highest BCUT2D eigenvalue weighted by Gasteiger charge is 2.35. The van der Waals surface area contributed by atoms with Gasteiger partial charge in [0, 0.05) is 10.0 Å². The van der Waals surface area contributed by atoms with Crippen molar-refractivity contribution >= 4 is 15.9 Å². The summed E-state index contributed by atoms with van der Waals surface area (Å²) < 4.78 is 44.8. The van der Waals surface area contributed by atoms with Crippen LogP contribution in [-0.4, -0.2) is 16.7 Å². The summed E-state index contributed by atoms with van der Waals surface area (Å²) in [5, 5.41) is 6.86. The van der Waals surface area contributed by atoms with Crippen LogP contribution in [0.15, 0.2) is 27.2 Å². The Hall–Kier alpha value is -1.41. The molecule has 1 N–H and O–H groups in total. The summed E-state index contributed by atoms with van der Waals surface area (Å²) in [6.45, 7) is 0.842. The molecule has 2 aromatic rings. The van der Waals surface area contributed by atoms with Crippen molar-refractivity contribution < 1.29 is 17.7 Å². The van der Waals surface area contributed by atoms with Crippen molar-refractivity contribution in [3.05, 3.63) is 34.1 Å². The Morgan fingerprint density at radius 2 is 2.14 bits per heavy atom. The Kier molecular flexibility index (Phi) is 3.75. The van der Waals surface area contributed by atoms with Crippen LogP contribution in [0.25, 0.3) is 11.4 Å². The fraction of sp³-hybridized carbons (Fsp3) is 0.385. The second-order valence-corrected chi connectivity index (χ2v) is 5.71. The van der Waals surface area contributed by atoms with Gasteiger partial charge in [0.05, 0.1) is 11.6 Å². The van der Waals surface area contributed by atoms with Gasteiger partial charge in [-0.1, -0.05) is 21.1 Å². The average Bonchev–Trinajstić information content (AvgIpc) is 3.08. The molecular weight excluding hydrogens is 351 g/mol. The van der Waals surface area contributed by atoms with Gasteiger partial charge in [-0.15, -0.1) is 0 Å². The molecule has 0 amide bonds. The van der Waals surface area contributed by atoms with E-state index in [1.807, 2.05) is 0 Å². The van der Waals surface area contributed by atoms with Crippen molar-refractivity contribution in [2.75, 3.05) is 6.54 Å². The SMILES string of the molecule is FC(F)(F)c1cc(Br)ccc1-c1noc(C2CCCN2)n1. The summed E-state index contributed by atoms with van der Waals surface area (Å²) in [7, 11) is 0. The van der Waals surface area contributed by atoms with E-state index in [0.717, 1.165) is 25.5 Å². The maximum Gasteiger partial charge on any atom is 0.417 e. The molecule has 3 rings (SSSR count). The van der Waals surface area contributed by atoms with E-state index in [4.69, 9.17) is 4.52 Å². The van der Waals surface area contributed by atoms with Crippen LogP contribution in [0.4, 0.5) is 13.2 Å². The second kappa shape index (κ2) is 5.42. The highest BCUT2D eigenvalue weighted by Crippen LogP contribution is 2.38. The van der Waals surface area contributed by atoms with E-state index in [1.165, 1.54) is 12.1 Å². The average molecular weight is 362 g/mol. The Balaban J connectivity index is 2.00. The quantitative estimate of drug-likeness (QED) is 0.879. The summed E-state index contributed by atoms with van der Waals surface area (Å²) in [4.78, 5) is 4.11. The van der Waals surface area contributed by atoms with E-state index in [0.29, 0.717) is 10.4 Å². The van der Waals surface area contributed by atoms with Gasteiger partial charge in [0.1, 0.15) is 0 Å². The Labute approximate surface area is 126 Å². The lowest BCUT2D eigenvalue weighted by Gasteiger charge is -2.10. The van der Waals surface area contributed by atoms with Crippen molar-refractivity contribution in [3.8, 4) is 11.4 Å². The lowest BCUT2D eigenvalue weighted by atomic mass is 10.1. The van der Waals surface area contributed by atoms with Crippen LogP contribution < -0.4 is 5.32 Å². The van der Waals surface area contributed by atoms with Gasteiger partial charge in [-0.05, 0) is 37.6 Å². The largest absolute Gasteiger partial charge is 0.417 e. The van der Waals surface area contributed by atoms with E-state index in [9.17, 15) is 13.2 Å². The number of nitrogens with one attached hydrogen (secondary N) is 1. The second-order valence-electron chi connectivity index (χ2n) is 4.79. The maximum atomic E-state index is 13.1. The molecule has 2 heterocycles. The molecular formula is C13H11BrF3N3O. The molecule has 1 aromatic carbocycles. The van der Waals surface area contributed by atoms with Crippen LogP contribution in [-0.2, 0) is 6.18 Å². The fourth-order valence-electron chi connectivity index (χ4n) is 2.33. The molecule has 1 saturated heterocycles. The molecule has 0 bridgehead atoms. The lowest BCUT2D eigenvalue weighted by molar-refractivity contribution is -0.137. The van der Waals surface area contributed by atoms with Crippen molar-refractivity contribution in [1.29, 1.82) is 0 Å². The Morgan fingerprint density at radius 3 is 2.81 bits per heavy atom. The molecule has 1 atom stereocenters. The van der Waals surface area contributed by atoms with Gasteiger partial charge in [-0.25, -0.2) is 0 Å². The molecule has 0 spiro atoms. The van der Waals surface area contributed by atoms with Crippen molar-refractivity contribution in [1.82, 2.24) is 15.5 Å². The molecule has 21 heavy (non-hydrogen) atoms. The number of benzene rings is 1. The normalized spacial score (nSPS) is 19.1. The van der Waals surface area contributed by atoms with Gasteiger partial charge in [-0.3, -0.25) is 0 Å². The minimum atomic E-state index is -4.48. The number of hydrogen-bond acceptors (Lipinski definition) is 4. The smallest absolute Gasteiger partial charge is 0.337 e. The van der Waals surface area contributed by atoms with Crippen molar-refractivity contribution in [2.24, 2.45) is 0 Å². The van der Waals surface area contributed by atoms with Crippen LogP contribution in [0.1, 0.15) is 30.3 Å². The molecule has 1 aliphatic rings. The van der Waals surface area contributed by atoms with E-state index in [2.05, 4.69) is 31.4 Å². The number of nitrogens with zero attached hydrogens (tertiary/aromatic N) is 2. The molecule has 0 saturated carbocycles. The molecule has 1 aromatic heterocycles. The lowest BCUT2D eigenvalue weighted by Crippen LogP contribution is -2.13. The van der Waals surface area contributed by atoms with Gasteiger partial charge in [-0.2, -0.15) is 18.2 Å². The first-order valence-corrected chi connectivity index (χ1v) is 7.18. The first kappa shape index (κ1) is 14.5. The zero-order valence-corrected chi connectivity index (χ0v) is 12.3. The van der Waals surface area contributed by atoms with Gasteiger partial charge in [0.25, 0.3) is 0 Å². The van der Waals surface area contributed by atoms with Gasteiger partial charge in [0.2, 0.25) is 11.7 Å². The molecule has 1 aliphatic heterocycles. The van der Waals surface area contributed by atoms with Crippen LogP contribution in [0, 0.1) is 0 Å². The van der Waals surface area contributed by atoms with Crippen molar-refractivity contribution in [2.45, 2.75) is 25.1 Å². The number of hydrogen-bond donors (Lipinski definition) is 1. The zero-order chi connectivity index (χ0) is 15.0. The van der Waals surface area contributed by atoms with Gasteiger partial charge in [0.15, 0.2) is 0 Å². The minimum Gasteiger partial charge on any atom is -0.337 e. The highest BCUT2D eigenvalue weighted by molar-refractivity contribution is 9.10. The third-order valence-corrected chi connectivity index (χ3v) is 3.82. The fourth-order valence-corrected chi connectivity index (χ4v) is 2.69. The zero-order valence-electron chi connectivity index (χ0n) is 10.7. The molecule has 8 heteroatoms. The number of aromatic nitrogens is 2. The number of alkyl halides is 3. The Bertz CT molecular complexity index is 650. The molecule has 0 aliphatic carbocycles. The third-order valence-electron chi connectivity index (χ3n) is 3.33. The molecule has 4 nitrogen and oxygen atoms in total. The van der Waals surface area contributed by atoms with E-state index >= 15 is 0 Å². The summed E-state index contributed by atoms with van der Waals surface area (Å²) >= 11 is 3.05. The van der Waals surface area contributed by atoms with E-state index in [-0.39, 0.29) is 17.4 Å². The predicted molar refractivity (Wildman–Crippen MR) is 72.4 cm³/mol. The van der Waals surface area contributed by atoms with Crippen LogP contribution in [0.3, 0.4) is 0 Å². The van der Waals surface area contributed by atoms with Crippen LogP contribution in [0.5, 0.6) is 0 Å². The maximum absolute atomic E-state index is 13.1. The first-order valence-electron chi connectivity index (χ1n) is 6.39. The molecule has 1 fully saturated rings. The van der Waals surface area contributed by atoms with Gasteiger partial charge < -0.3 is 9.84 Å². The highest BCUT2D eigenvalue weighted by atomic mass is 79.9.